The molecule has 2 atom stereocenters. The van der Waals surface area contributed by atoms with Crippen molar-refractivity contribution >= 4 is 5.95 Å². The highest BCUT2D eigenvalue weighted by Crippen LogP contribution is 2.19. The predicted octanol–water partition coefficient (Wildman–Crippen LogP) is 1.16. The minimum Gasteiger partial charge on any atom is -0.350 e. The van der Waals surface area contributed by atoms with Gasteiger partial charge in [0.15, 0.2) is 0 Å². The molecule has 1 aliphatic carbocycles. The van der Waals surface area contributed by atoms with E-state index in [9.17, 15) is 0 Å². The first kappa shape index (κ1) is 9.40. The number of anilines is 1. The highest BCUT2D eigenvalue weighted by Gasteiger charge is 2.21. The van der Waals surface area contributed by atoms with Crippen molar-refractivity contribution in [3.05, 3.63) is 18.5 Å². The first-order valence-electron chi connectivity index (χ1n) is 5.15. The molecule has 76 valence electrons. The zero-order valence-electron chi connectivity index (χ0n) is 8.19. The molecular weight excluding hydrogens is 176 g/mol. The number of rotatable bonds is 2. The number of aromatic nitrogens is 2. The summed E-state index contributed by atoms with van der Waals surface area (Å²) in [5, 5.41) is 3.28. The number of nitrogens with two attached hydrogens (primary N) is 1. The third-order valence-electron chi connectivity index (χ3n) is 2.70. The lowest BCUT2D eigenvalue weighted by molar-refractivity contribution is 0.402. The van der Waals surface area contributed by atoms with Crippen LogP contribution in [0, 0.1) is 0 Å². The molecule has 0 amide bonds. The first-order valence-corrected chi connectivity index (χ1v) is 5.15. The Bertz CT molecular complexity index is 275. The predicted molar refractivity (Wildman–Crippen MR) is 55.9 cm³/mol. The van der Waals surface area contributed by atoms with Crippen molar-refractivity contribution in [1.82, 2.24) is 9.97 Å². The van der Waals surface area contributed by atoms with Gasteiger partial charge in [0.2, 0.25) is 5.95 Å². The summed E-state index contributed by atoms with van der Waals surface area (Å²) in [6.45, 7) is 0. The van der Waals surface area contributed by atoms with Gasteiger partial charge < -0.3 is 11.1 Å². The van der Waals surface area contributed by atoms with E-state index >= 15 is 0 Å². The molecule has 1 heterocycles. The van der Waals surface area contributed by atoms with E-state index in [4.69, 9.17) is 5.73 Å². The Morgan fingerprint density at radius 2 is 1.93 bits per heavy atom. The van der Waals surface area contributed by atoms with Gasteiger partial charge in [-0.2, -0.15) is 0 Å². The van der Waals surface area contributed by atoms with Gasteiger partial charge >= 0.3 is 0 Å². The van der Waals surface area contributed by atoms with E-state index in [2.05, 4.69) is 15.3 Å². The van der Waals surface area contributed by atoms with Crippen LogP contribution in [0.25, 0.3) is 0 Å². The second kappa shape index (κ2) is 4.37. The summed E-state index contributed by atoms with van der Waals surface area (Å²) in [6, 6.07) is 2.39. The van der Waals surface area contributed by atoms with Crippen LogP contribution in [0.5, 0.6) is 0 Å². The van der Waals surface area contributed by atoms with Gasteiger partial charge in [-0.3, -0.25) is 0 Å². The van der Waals surface area contributed by atoms with Gasteiger partial charge in [-0.15, -0.1) is 0 Å². The van der Waals surface area contributed by atoms with Crippen LogP contribution in [-0.2, 0) is 0 Å². The molecule has 3 N–H and O–H groups in total. The van der Waals surface area contributed by atoms with E-state index in [-0.39, 0.29) is 6.04 Å². The molecule has 0 radical (unpaired) electrons. The highest BCUT2D eigenvalue weighted by molar-refractivity contribution is 5.25. The van der Waals surface area contributed by atoms with Crippen molar-refractivity contribution < 1.29 is 0 Å². The van der Waals surface area contributed by atoms with Gasteiger partial charge in [0, 0.05) is 24.5 Å². The maximum absolute atomic E-state index is 6.01. The molecule has 14 heavy (non-hydrogen) atoms. The third kappa shape index (κ3) is 2.20. The Morgan fingerprint density at radius 1 is 1.21 bits per heavy atom. The second-order valence-electron chi connectivity index (χ2n) is 3.77. The minimum atomic E-state index is 0.243. The van der Waals surface area contributed by atoms with E-state index in [0.717, 1.165) is 12.8 Å². The van der Waals surface area contributed by atoms with E-state index < -0.39 is 0 Å². The Morgan fingerprint density at radius 3 is 2.64 bits per heavy atom. The number of nitrogens with one attached hydrogen (secondary N) is 1. The van der Waals surface area contributed by atoms with Crippen molar-refractivity contribution in [1.29, 1.82) is 0 Å². The van der Waals surface area contributed by atoms with Crippen molar-refractivity contribution in [3.63, 3.8) is 0 Å². The summed E-state index contributed by atoms with van der Waals surface area (Å²) in [5.41, 5.74) is 6.01. The van der Waals surface area contributed by atoms with Crippen molar-refractivity contribution in [2.24, 2.45) is 5.73 Å². The SMILES string of the molecule is N[C@@H]1CCCC[C@@H]1Nc1ncccn1. The van der Waals surface area contributed by atoms with Crippen molar-refractivity contribution in [2.45, 2.75) is 37.8 Å². The van der Waals surface area contributed by atoms with Crippen LogP contribution in [0.4, 0.5) is 5.95 Å². The topological polar surface area (TPSA) is 63.8 Å². The summed E-state index contributed by atoms with van der Waals surface area (Å²) in [5.74, 6) is 0.690. The fourth-order valence-electron chi connectivity index (χ4n) is 1.88. The lowest BCUT2D eigenvalue weighted by atomic mass is 9.91. The molecule has 4 heteroatoms. The molecule has 1 aromatic heterocycles. The summed E-state index contributed by atoms with van der Waals surface area (Å²) < 4.78 is 0. The lowest BCUT2D eigenvalue weighted by Crippen LogP contribution is -2.42. The largest absolute Gasteiger partial charge is 0.350 e. The van der Waals surface area contributed by atoms with E-state index in [0.29, 0.717) is 12.0 Å². The van der Waals surface area contributed by atoms with Crippen LogP contribution in [0.1, 0.15) is 25.7 Å². The van der Waals surface area contributed by atoms with Crippen LogP contribution in [0.2, 0.25) is 0 Å². The summed E-state index contributed by atoms with van der Waals surface area (Å²) in [7, 11) is 0. The highest BCUT2D eigenvalue weighted by atomic mass is 15.1. The molecule has 0 aromatic carbocycles. The maximum Gasteiger partial charge on any atom is 0.222 e. The first-order chi connectivity index (χ1) is 6.86. The fraction of sp³-hybridized carbons (Fsp3) is 0.600. The van der Waals surface area contributed by atoms with Crippen LogP contribution < -0.4 is 11.1 Å². The van der Waals surface area contributed by atoms with Crippen LogP contribution in [-0.4, -0.2) is 22.1 Å². The summed E-state index contributed by atoms with van der Waals surface area (Å²) in [4.78, 5) is 8.26. The number of nitrogens with zero attached hydrogens (tertiary/aromatic N) is 2. The smallest absolute Gasteiger partial charge is 0.222 e. The van der Waals surface area contributed by atoms with Gasteiger partial charge in [0.25, 0.3) is 0 Å². The van der Waals surface area contributed by atoms with Crippen LogP contribution in [0.15, 0.2) is 18.5 Å². The Hall–Kier alpha value is -1.16. The molecule has 1 fully saturated rings. The second-order valence-corrected chi connectivity index (χ2v) is 3.77. The van der Waals surface area contributed by atoms with E-state index in [1.54, 1.807) is 12.4 Å². The van der Waals surface area contributed by atoms with Gasteiger partial charge in [-0.05, 0) is 18.9 Å². The van der Waals surface area contributed by atoms with Crippen LogP contribution >= 0.6 is 0 Å². The van der Waals surface area contributed by atoms with Crippen molar-refractivity contribution in [2.75, 3.05) is 5.32 Å². The number of hydrogen-bond acceptors (Lipinski definition) is 4. The van der Waals surface area contributed by atoms with Gasteiger partial charge in [-0.1, -0.05) is 12.8 Å². The Kier molecular flexibility index (Phi) is 2.93. The van der Waals surface area contributed by atoms with Gasteiger partial charge in [-0.25, -0.2) is 9.97 Å². The molecule has 0 bridgehead atoms. The Balaban J connectivity index is 1.96. The zero-order chi connectivity index (χ0) is 9.80. The van der Waals surface area contributed by atoms with Gasteiger partial charge in [0.1, 0.15) is 0 Å². The Labute approximate surface area is 83.9 Å². The molecule has 1 aromatic rings. The molecule has 0 saturated heterocycles. The lowest BCUT2D eigenvalue weighted by Gasteiger charge is -2.29. The molecule has 4 nitrogen and oxygen atoms in total. The average Bonchev–Trinajstić information content (AvgIpc) is 2.23. The molecule has 2 rings (SSSR count). The van der Waals surface area contributed by atoms with E-state index in [1.165, 1.54) is 12.8 Å². The number of hydrogen-bond donors (Lipinski definition) is 2. The van der Waals surface area contributed by atoms with Gasteiger partial charge in [0.05, 0.1) is 0 Å². The molecule has 0 aliphatic heterocycles. The van der Waals surface area contributed by atoms with E-state index in [1.807, 2.05) is 6.07 Å². The minimum absolute atomic E-state index is 0.243. The molecule has 1 saturated carbocycles. The quantitative estimate of drug-likeness (QED) is 0.738. The third-order valence-corrected chi connectivity index (χ3v) is 2.70. The average molecular weight is 192 g/mol. The van der Waals surface area contributed by atoms with Crippen LogP contribution in [0.3, 0.4) is 0 Å². The zero-order valence-corrected chi connectivity index (χ0v) is 8.19. The molecule has 0 unspecified atom stereocenters. The summed E-state index contributed by atoms with van der Waals surface area (Å²) in [6.07, 6.45) is 8.20. The molecular formula is C10H16N4. The normalized spacial score (nSPS) is 27.2. The molecule has 1 aliphatic rings. The molecule has 0 spiro atoms. The fourth-order valence-corrected chi connectivity index (χ4v) is 1.88. The monoisotopic (exact) mass is 192 g/mol. The summed E-state index contributed by atoms with van der Waals surface area (Å²) >= 11 is 0. The maximum atomic E-state index is 6.01. The van der Waals surface area contributed by atoms with Crippen molar-refractivity contribution in [3.8, 4) is 0 Å². The standard InChI is InChI=1S/C10H16N4/c11-8-4-1-2-5-9(8)14-10-12-6-3-7-13-10/h3,6-9H,1-2,4-5,11H2,(H,12,13,14)/t8-,9+/m1/s1.